The first-order valence-corrected chi connectivity index (χ1v) is 6.30. The molecule has 1 aliphatic carbocycles. The molecular formula is C16H18O3. The third-order valence-electron chi connectivity index (χ3n) is 3.07. The Bertz CT molecular complexity index is 504. The molecule has 0 aliphatic heterocycles. The number of benzene rings is 2. The monoisotopic (exact) mass is 258 g/mol. The number of hydrogen-bond donors (Lipinski definition) is 3. The maximum atomic E-state index is 10.0. The summed E-state index contributed by atoms with van der Waals surface area (Å²) in [7, 11) is 0. The van der Waals surface area contributed by atoms with E-state index in [0.717, 1.165) is 22.3 Å². The summed E-state index contributed by atoms with van der Waals surface area (Å²) in [6.45, 7) is 1.39. The van der Waals surface area contributed by atoms with Gasteiger partial charge in [0, 0.05) is 0 Å². The molecule has 100 valence electrons. The molecule has 0 amide bonds. The van der Waals surface area contributed by atoms with Crippen LogP contribution in [-0.2, 0) is 0 Å². The summed E-state index contributed by atoms with van der Waals surface area (Å²) < 4.78 is 0. The van der Waals surface area contributed by atoms with E-state index in [1.165, 1.54) is 6.92 Å². The lowest BCUT2D eigenvalue weighted by atomic mass is 10.1. The van der Waals surface area contributed by atoms with E-state index in [2.05, 4.69) is 12.1 Å². The largest absolute Gasteiger partial charge is 0.394 e. The highest BCUT2D eigenvalue weighted by Crippen LogP contribution is 2.42. The van der Waals surface area contributed by atoms with Crippen molar-refractivity contribution < 1.29 is 15.3 Å². The van der Waals surface area contributed by atoms with Gasteiger partial charge < -0.3 is 15.3 Å². The van der Waals surface area contributed by atoms with Gasteiger partial charge in [-0.05, 0) is 29.2 Å². The van der Waals surface area contributed by atoms with Crippen LogP contribution in [0.2, 0.25) is 0 Å². The fourth-order valence-corrected chi connectivity index (χ4v) is 2.13. The lowest BCUT2D eigenvalue weighted by Gasteiger charge is -2.03. The zero-order chi connectivity index (χ0) is 13.8. The van der Waals surface area contributed by atoms with Crippen LogP contribution in [0.5, 0.6) is 0 Å². The molecule has 19 heavy (non-hydrogen) atoms. The topological polar surface area (TPSA) is 60.7 Å². The summed E-state index contributed by atoms with van der Waals surface area (Å²) in [6.07, 6.45) is -1.00. The predicted octanol–water partition coefficient (Wildman–Crippen LogP) is 2.11. The molecule has 3 rings (SSSR count). The summed E-state index contributed by atoms with van der Waals surface area (Å²) >= 11 is 0. The molecular weight excluding hydrogens is 240 g/mol. The molecule has 0 fully saturated rings. The number of aliphatic hydroxyl groups is 3. The molecule has 1 unspecified atom stereocenters. The maximum absolute atomic E-state index is 10.0. The van der Waals surface area contributed by atoms with Crippen molar-refractivity contribution in [3.8, 4) is 11.1 Å². The van der Waals surface area contributed by atoms with Crippen LogP contribution < -0.4 is 0 Å². The van der Waals surface area contributed by atoms with Gasteiger partial charge in [0.15, 0.2) is 0 Å². The Hall–Kier alpha value is -1.68. The van der Waals surface area contributed by atoms with Gasteiger partial charge in [0.25, 0.3) is 0 Å². The fourth-order valence-electron chi connectivity index (χ4n) is 2.13. The lowest BCUT2D eigenvalue weighted by molar-refractivity contribution is 0.110. The molecule has 3 nitrogen and oxygen atoms in total. The molecule has 0 spiro atoms. The van der Waals surface area contributed by atoms with Gasteiger partial charge in [0.1, 0.15) is 6.10 Å². The molecule has 0 aromatic heterocycles. The van der Waals surface area contributed by atoms with Crippen LogP contribution in [0.3, 0.4) is 0 Å². The van der Waals surface area contributed by atoms with E-state index in [1.807, 2.05) is 36.4 Å². The van der Waals surface area contributed by atoms with Crippen molar-refractivity contribution >= 4 is 0 Å². The first-order chi connectivity index (χ1) is 9.15. The number of aliphatic hydroxyl groups excluding tert-OH is 3. The van der Waals surface area contributed by atoms with Crippen LogP contribution in [0.1, 0.15) is 24.2 Å². The molecule has 2 aromatic rings. The van der Waals surface area contributed by atoms with Crippen molar-refractivity contribution in [1.82, 2.24) is 0 Å². The summed E-state index contributed by atoms with van der Waals surface area (Å²) in [5.74, 6) is 0. The van der Waals surface area contributed by atoms with E-state index < -0.39 is 12.2 Å². The third-order valence-corrected chi connectivity index (χ3v) is 3.07. The van der Waals surface area contributed by atoms with E-state index in [4.69, 9.17) is 10.2 Å². The Kier molecular flexibility index (Phi) is 4.32. The average molecular weight is 258 g/mol. The average Bonchev–Trinajstić information content (AvgIpc) is 2.74. The van der Waals surface area contributed by atoms with E-state index in [-0.39, 0.29) is 6.61 Å². The van der Waals surface area contributed by atoms with Crippen LogP contribution in [0.4, 0.5) is 0 Å². The highest BCUT2D eigenvalue weighted by Gasteiger charge is 2.25. The van der Waals surface area contributed by atoms with Gasteiger partial charge in [-0.2, -0.15) is 0 Å². The van der Waals surface area contributed by atoms with E-state index >= 15 is 0 Å². The molecule has 0 heterocycles. The summed E-state index contributed by atoms with van der Waals surface area (Å²) in [5, 5.41) is 26.0. The summed E-state index contributed by atoms with van der Waals surface area (Å²) in [4.78, 5) is 0. The van der Waals surface area contributed by atoms with Gasteiger partial charge in [-0.1, -0.05) is 48.5 Å². The van der Waals surface area contributed by atoms with Gasteiger partial charge >= 0.3 is 0 Å². The van der Waals surface area contributed by atoms with Crippen LogP contribution in [-0.4, -0.2) is 28.0 Å². The van der Waals surface area contributed by atoms with Crippen molar-refractivity contribution in [2.45, 2.75) is 19.1 Å². The minimum Gasteiger partial charge on any atom is -0.394 e. The maximum Gasteiger partial charge on any atom is 0.105 e. The Morgan fingerprint density at radius 2 is 1.32 bits per heavy atom. The second-order valence-electron chi connectivity index (χ2n) is 4.61. The van der Waals surface area contributed by atoms with E-state index in [0.29, 0.717) is 0 Å². The first kappa shape index (κ1) is 13.7. The molecule has 3 N–H and O–H groups in total. The summed E-state index contributed by atoms with van der Waals surface area (Å²) in [6, 6.07) is 16.0. The fraction of sp³-hybridized carbons (Fsp3) is 0.250. The molecule has 2 aromatic carbocycles. The lowest BCUT2D eigenvalue weighted by Crippen LogP contribution is -2.03. The SMILES string of the molecule is CC(O)CO.OC1c2ccccc2-c2ccccc21. The minimum atomic E-state index is -0.560. The standard InChI is InChI=1S/C13H10O.C3H8O2/c14-13-11-7-3-1-5-9(11)10-6-2-4-8-12(10)13;1-3(5)2-4/h1-8,13-14H;3-5H,2H2,1H3. The van der Waals surface area contributed by atoms with Crippen molar-refractivity contribution in [3.05, 3.63) is 59.7 Å². The molecule has 0 saturated heterocycles. The highest BCUT2D eigenvalue weighted by atomic mass is 16.3. The Morgan fingerprint density at radius 1 is 0.947 bits per heavy atom. The molecule has 0 radical (unpaired) electrons. The second kappa shape index (κ2) is 5.97. The molecule has 1 atom stereocenters. The smallest absolute Gasteiger partial charge is 0.105 e. The Labute approximate surface area is 112 Å². The minimum absolute atomic E-state index is 0.139. The quantitative estimate of drug-likeness (QED) is 0.734. The van der Waals surface area contributed by atoms with Gasteiger partial charge in [-0.3, -0.25) is 0 Å². The predicted molar refractivity (Wildman–Crippen MR) is 74.7 cm³/mol. The van der Waals surface area contributed by atoms with Crippen molar-refractivity contribution in [3.63, 3.8) is 0 Å². The Balaban J connectivity index is 0.000000232. The number of rotatable bonds is 1. The molecule has 0 saturated carbocycles. The van der Waals surface area contributed by atoms with Crippen LogP contribution in [0, 0.1) is 0 Å². The second-order valence-corrected chi connectivity index (χ2v) is 4.61. The van der Waals surface area contributed by atoms with Crippen molar-refractivity contribution in [1.29, 1.82) is 0 Å². The van der Waals surface area contributed by atoms with Crippen LogP contribution in [0.25, 0.3) is 11.1 Å². The number of fused-ring (bicyclic) bond motifs is 3. The molecule has 3 heteroatoms. The van der Waals surface area contributed by atoms with Gasteiger partial charge in [-0.15, -0.1) is 0 Å². The zero-order valence-corrected chi connectivity index (χ0v) is 10.8. The normalized spacial score (nSPS) is 14.1. The van der Waals surface area contributed by atoms with Gasteiger partial charge in [0.05, 0.1) is 12.7 Å². The first-order valence-electron chi connectivity index (χ1n) is 6.30. The third kappa shape index (κ3) is 2.84. The van der Waals surface area contributed by atoms with Gasteiger partial charge in [0.2, 0.25) is 0 Å². The van der Waals surface area contributed by atoms with Crippen LogP contribution in [0.15, 0.2) is 48.5 Å². The molecule has 0 bridgehead atoms. The van der Waals surface area contributed by atoms with E-state index in [9.17, 15) is 5.11 Å². The zero-order valence-electron chi connectivity index (χ0n) is 10.8. The van der Waals surface area contributed by atoms with Crippen molar-refractivity contribution in [2.75, 3.05) is 6.61 Å². The summed E-state index contributed by atoms with van der Waals surface area (Å²) in [5.41, 5.74) is 4.37. The Morgan fingerprint density at radius 3 is 1.68 bits per heavy atom. The van der Waals surface area contributed by atoms with E-state index in [1.54, 1.807) is 0 Å². The van der Waals surface area contributed by atoms with Crippen molar-refractivity contribution in [2.24, 2.45) is 0 Å². The molecule has 1 aliphatic rings. The van der Waals surface area contributed by atoms with Gasteiger partial charge in [-0.25, -0.2) is 0 Å². The number of hydrogen-bond acceptors (Lipinski definition) is 3. The highest BCUT2D eigenvalue weighted by molar-refractivity contribution is 5.77. The van der Waals surface area contributed by atoms with Crippen LogP contribution >= 0.6 is 0 Å².